The number of aromatic nitrogens is 1. The van der Waals surface area contributed by atoms with Crippen molar-refractivity contribution < 1.29 is 4.79 Å². The van der Waals surface area contributed by atoms with Crippen molar-refractivity contribution >= 4 is 5.91 Å². The van der Waals surface area contributed by atoms with Crippen molar-refractivity contribution in [2.45, 2.75) is 59.2 Å². The van der Waals surface area contributed by atoms with Gasteiger partial charge in [0, 0.05) is 24.5 Å². The zero-order valence-corrected chi connectivity index (χ0v) is 12.6. The van der Waals surface area contributed by atoms with Crippen molar-refractivity contribution in [2.75, 3.05) is 0 Å². The number of amides is 1. The van der Waals surface area contributed by atoms with E-state index in [4.69, 9.17) is 0 Å². The van der Waals surface area contributed by atoms with Gasteiger partial charge in [0.25, 0.3) is 0 Å². The molecular weight excluding hydrogens is 238 g/mol. The second-order valence-electron chi connectivity index (χ2n) is 5.63. The number of nitrogens with zero attached hydrogens (tertiary/aromatic N) is 1. The SMILES string of the molecule is CCC(C)(C)NC(=O)C(C)NCc1cnccc1C. The monoisotopic (exact) mass is 263 g/mol. The zero-order valence-electron chi connectivity index (χ0n) is 12.6. The van der Waals surface area contributed by atoms with Crippen LogP contribution in [0.25, 0.3) is 0 Å². The molecule has 0 aliphatic rings. The van der Waals surface area contributed by atoms with Gasteiger partial charge in [0.1, 0.15) is 0 Å². The highest BCUT2D eigenvalue weighted by Gasteiger charge is 2.21. The van der Waals surface area contributed by atoms with Crippen LogP contribution in [-0.2, 0) is 11.3 Å². The van der Waals surface area contributed by atoms with E-state index < -0.39 is 0 Å². The van der Waals surface area contributed by atoms with Crippen LogP contribution in [0.4, 0.5) is 0 Å². The zero-order chi connectivity index (χ0) is 14.5. The van der Waals surface area contributed by atoms with Crippen molar-refractivity contribution in [2.24, 2.45) is 0 Å². The Morgan fingerprint density at radius 1 is 1.47 bits per heavy atom. The van der Waals surface area contributed by atoms with E-state index >= 15 is 0 Å². The van der Waals surface area contributed by atoms with Crippen molar-refractivity contribution in [1.29, 1.82) is 0 Å². The van der Waals surface area contributed by atoms with Gasteiger partial charge in [-0.25, -0.2) is 0 Å². The molecule has 4 heteroatoms. The molecule has 0 fully saturated rings. The molecule has 2 N–H and O–H groups in total. The Kier molecular flexibility index (Phi) is 5.48. The molecule has 0 aliphatic heterocycles. The number of pyridine rings is 1. The maximum Gasteiger partial charge on any atom is 0.237 e. The number of hydrogen-bond acceptors (Lipinski definition) is 3. The van der Waals surface area contributed by atoms with Gasteiger partial charge in [0.05, 0.1) is 6.04 Å². The van der Waals surface area contributed by atoms with Crippen molar-refractivity contribution in [3.8, 4) is 0 Å². The van der Waals surface area contributed by atoms with E-state index in [1.807, 2.05) is 40.0 Å². The van der Waals surface area contributed by atoms with Crippen LogP contribution in [0.2, 0.25) is 0 Å². The summed E-state index contributed by atoms with van der Waals surface area (Å²) in [6.07, 6.45) is 4.52. The Bertz CT molecular complexity index is 429. The van der Waals surface area contributed by atoms with Gasteiger partial charge >= 0.3 is 0 Å². The lowest BCUT2D eigenvalue weighted by Crippen LogP contribution is -2.50. The second kappa shape index (κ2) is 6.66. The van der Waals surface area contributed by atoms with Gasteiger partial charge in [-0.15, -0.1) is 0 Å². The first-order valence-electron chi connectivity index (χ1n) is 6.80. The summed E-state index contributed by atoms with van der Waals surface area (Å²) in [7, 11) is 0. The van der Waals surface area contributed by atoms with E-state index in [1.165, 1.54) is 5.56 Å². The molecule has 0 aliphatic carbocycles. The number of hydrogen-bond donors (Lipinski definition) is 2. The van der Waals surface area contributed by atoms with E-state index in [1.54, 1.807) is 6.20 Å². The molecule has 1 aromatic heterocycles. The van der Waals surface area contributed by atoms with Gasteiger partial charge in [-0.3, -0.25) is 9.78 Å². The standard InChI is InChI=1S/C15H25N3O/c1-6-15(4,5)18-14(19)12(3)17-10-13-9-16-8-7-11(13)2/h7-9,12,17H,6,10H2,1-5H3,(H,18,19). The Labute approximate surface area is 116 Å². The summed E-state index contributed by atoms with van der Waals surface area (Å²) < 4.78 is 0. The summed E-state index contributed by atoms with van der Waals surface area (Å²) in [4.78, 5) is 16.1. The number of nitrogens with one attached hydrogen (secondary N) is 2. The largest absolute Gasteiger partial charge is 0.350 e. The minimum atomic E-state index is -0.217. The molecule has 106 valence electrons. The summed E-state index contributed by atoms with van der Waals surface area (Å²) in [5.74, 6) is 0.0355. The quantitative estimate of drug-likeness (QED) is 0.827. The molecule has 0 spiro atoms. The summed E-state index contributed by atoms with van der Waals surface area (Å²) in [6.45, 7) is 10.7. The topological polar surface area (TPSA) is 54.0 Å². The van der Waals surface area contributed by atoms with Crippen LogP contribution < -0.4 is 10.6 Å². The second-order valence-corrected chi connectivity index (χ2v) is 5.63. The molecule has 1 heterocycles. The minimum Gasteiger partial charge on any atom is -0.350 e. The van der Waals surface area contributed by atoms with Gasteiger partial charge < -0.3 is 10.6 Å². The summed E-state index contributed by atoms with van der Waals surface area (Å²) in [6, 6.07) is 1.76. The summed E-state index contributed by atoms with van der Waals surface area (Å²) in [5, 5.41) is 6.27. The Morgan fingerprint density at radius 3 is 2.74 bits per heavy atom. The smallest absolute Gasteiger partial charge is 0.237 e. The lowest BCUT2D eigenvalue weighted by Gasteiger charge is -2.26. The molecule has 0 radical (unpaired) electrons. The van der Waals surface area contributed by atoms with E-state index in [2.05, 4.69) is 22.5 Å². The number of rotatable bonds is 6. The molecule has 0 bridgehead atoms. The van der Waals surface area contributed by atoms with E-state index in [0.717, 1.165) is 12.0 Å². The lowest BCUT2D eigenvalue weighted by molar-refractivity contribution is -0.124. The Balaban J connectivity index is 2.50. The summed E-state index contributed by atoms with van der Waals surface area (Å²) in [5.41, 5.74) is 2.15. The van der Waals surface area contributed by atoms with Crippen LogP contribution >= 0.6 is 0 Å². The van der Waals surface area contributed by atoms with Crippen molar-refractivity contribution in [1.82, 2.24) is 15.6 Å². The third kappa shape index (κ3) is 4.99. The average molecular weight is 263 g/mol. The number of aryl methyl sites for hydroxylation is 1. The lowest BCUT2D eigenvalue weighted by atomic mass is 10.0. The molecule has 0 aromatic carbocycles. The minimum absolute atomic E-state index is 0.0355. The Morgan fingerprint density at radius 2 is 2.16 bits per heavy atom. The molecule has 1 unspecified atom stereocenters. The normalized spacial score (nSPS) is 13.1. The number of carbonyl (C=O) groups excluding carboxylic acids is 1. The highest BCUT2D eigenvalue weighted by Crippen LogP contribution is 2.08. The molecule has 19 heavy (non-hydrogen) atoms. The molecule has 0 saturated heterocycles. The first kappa shape index (κ1) is 15.6. The summed E-state index contributed by atoms with van der Waals surface area (Å²) >= 11 is 0. The van der Waals surface area contributed by atoms with E-state index in [-0.39, 0.29) is 17.5 Å². The fourth-order valence-electron chi connectivity index (χ4n) is 1.57. The molecule has 0 saturated carbocycles. The highest BCUT2D eigenvalue weighted by molar-refractivity contribution is 5.81. The molecule has 1 amide bonds. The molecule has 1 aromatic rings. The van der Waals surface area contributed by atoms with Crippen LogP contribution in [0.5, 0.6) is 0 Å². The first-order chi connectivity index (χ1) is 8.85. The van der Waals surface area contributed by atoms with Crippen LogP contribution in [0, 0.1) is 6.92 Å². The molecular formula is C15H25N3O. The third-order valence-electron chi connectivity index (χ3n) is 3.48. The van der Waals surface area contributed by atoms with Crippen LogP contribution in [-0.4, -0.2) is 22.5 Å². The maximum atomic E-state index is 12.0. The average Bonchev–Trinajstić information content (AvgIpc) is 2.37. The van der Waals surface area contributed by atoms with Crippen LogP contribution in [0.15, 0.2) is 18.5 Å². The van der Waals surface area contributed by atoms with Gasteiger partial charge in [-0.2, -0.15) is 0 Å². The number of carbonyl (C=O) groups is 1. The predicted octanol–water partition coefficient (Wildman–Crippen LogP) is 2.17. The first-order valence-corrected chi connectivity index (χ1v) is 6.80. The predicted molar refractivity (Wildman–Crippen MR) is 77.8 cm³/mol. The molecule has 1 rings (SSSR count). The highest BCUT2D eigenvalue weighted by atomic mass is 16.2. The van der Waals surface area contributed by atoms with Crippen LogP contribution in [0.1, 0.15) is 45.2 Å². The van der Waals surface area contributed by atoms with E-state index in [9.17, 15) is 4.79 Å². The third-order valence-corrected chi connectivity index (χ3v) is 3.48. The fourth-order valence-corrected chi connectivity index (χ4v) is 1.57. The van der Waals surface area contributed by atoms with Gasteiger partial charge in [0.15, 0.2) is 0 Å². The van der Waals surface area contributed by atoms with Crippen LogP contribution in [0.3, 0.4) is 0 Å². The maximum absolute atomic E-state index is 12.0. The van der Waals surface area contributed by atoms with Gasteiger partial charge in [0.2, 0.25) is 5.91 Å². The molecule has 1 atom stereocenters. The van der Waals surface area contributed by atoms with Gasteiger partial charge in [-0.1, -0.05) is 6.92 Å². The Hall–Kier alpha value is -1.42. The van der Waals surface area contributed by atoms with Gasteiger partial charge in [-0.05, 0) is 51.3 Å². The van der Waals surface area contributed by atoms with E-state index in [0.29, 0.717) is 6.54 Å². The molecule has 4 nitrogen and oxygen atoms in total. The fraction of sp³-hybridized carbons (Fsp3) is 0.600. The van der Waals surface area contributed by atoms with Crippen molar-refractivity contribution in [3.63, 3.8) is 0 Å². The van der Waals surface area contributed by atoms with Crippen molar-refractivity contribution in [3.05, 3.63) is 29.6 Å².